The van der Waals surface area contributed by atoms with Crippen molar-refractivity contribution in [2.24, 2.45) is 0 Å². The molecule has 0 fully saturated rings. The molecule has 0 atom stereocenters. The highest BCUT2D eigenvalue weighted by atomic mass is 16.8. The Labute approximate surface area is 93.9 Å². The maximum absolute atomic E-state index is 9.51. The van der Waals surface area contributed by atoms with Gasteiger partial charge in [-0.15, -0.1) is 0 Å². The second kappa shape index (κ2) is 5.19. The molecule has 2 aromatic carbocycles. The molecule has 3 nitrogen and oxygen atoms in total. The van der Waals surface area contributed by atoms with Crippen LogP contribution in [0.1, 0.15) is 0 Å². The first kappa shape index (κ1) is 10.5. The fourth-order valence-corrected chi connectivity index (χ4v) is 1.26. The quantitative estimate of drug-likeness (QED) is 0.798. The summed E-state index contributed by atoms with van der Waals surface area (Å²) in [6.45, 7) is -1.30. The predicted octanol–water partition coefficient (Wildman–Crippen LogP) is 2.42. The van der Waals surface area contributed by atoms with Crippen LogP contribution in [0, 0.1) is 0 Å². The van der Waals surface area contributed by atoms with Gasteiger partial charge in [0.2, 0.25) is 0 Å². The summed E-state index contributed by atoms with van der Waals surface area (Å²) >= 11 is 0. The number of benzene rings is 2. The summed E-state index contributed by atoms with van der Waals surface area (Å²) in [6.07, 6.45) is 0. The monoisotopic (exact) mass is 216 g/mol. The molecule has 0 spiro atoms. The summed E-state index contributed by atoms with van der Waals surface area (Å²) in [7, 11) is 0. The Hall–Kier alpha value is -2.00. The van der Waals surface area contributed by atoms with Crippen LogP contribution in [0.5, 0.6) is 11.5 Å². The molecule has 16 heavy (non-hydrogen) atoms. The highest BCUT2D eigenvalue weighted by Crippen LogP contribution is 2.14. The molecule has 82 valence electrons. The van der Waals surface area contributed by atoms with E-state index in [1.54, 1.807) is 24.3 Å². The Balaban J connectivity index is 1.92. The van der Waals surface area contributed by atoms with Crippen molar-refractivity contribution in [2.75, 3.05) is 0 Å². The van der Waals surface area contributed by atoms with Gasteiger partial charge in [-0.25, -0.2) is 0 Å². The Bertz CT molecular complexity index is 372. The van der Waals surface area contributed by atoms with E-state index < -0.39 is 6.48 Å². The third kappa shape index (κ3) is 3.00. The zero-order chi connectivity index (χ0) is 11.2. The summed E-state index contributed by atoms with van der Waals surface area (Å²) in [6, 6.07) is 18.0. The lowest BCUT2D eigenvalue weighted by molar-refractivity contribution is -0.160. The SMILES string of the molecule is OC(Oc1ccccc1)Oc1ccccc1. The first-order valence-corrected chi connectivity index (χ1v) is 4.96. The summed E-state index contributed by atoms with van der Waals surface area (Å²) in [5.41, 5.74) is 0. The molecule has 0 radical (unpaired) electrons. The van der Waals surface area contributed by atoms with E-state index in [-0.39, 0.29) is 0 Å². The van der Waals surface area contributed by atoms with Crippen LogP contribution < -0.4 is 9.47 Å². The Kier molecular flexibility index (Phi) is 3.41. The molecule has 2 rings (SSSR count). The molecule has 0 saturated carbocycles. The fraction of sp³-hybridized carbons (Fsp3) is 0.0769. The van der Waals surface area contributed by atoms with Gasteiger partial charge in [0.1, 0.15) is 11.5 Å². The van der Waals surface area contributed by atoms with Gasteiger partial charge in [-0.3, -0.25) is 0 Å². The summed E-state index contributed by atoms with van der Waals surface area (Å²) in [5.74, 6) is 1.12. The van der Waals surface area contributed by atoms with Gasteiger partial charge in [-0.05, 0) is 24.3 Å². The van der Waals surface area contributed by atoms with Gasteiger partial charge in [-0.2, -0.15) is 0 Å². The molecule has 1 N–H and O–H groups in total. The van der Waals surface area contributed by atoms with Gasteiger partial charge >= 0.3 is 6.48 Å². The minimum Gasteiger partial charge on any atom is -0.432 e. The molecule has 0 aliphatic carbocycles. The first-order valence-electron chi connectivity index (χ1n) is 4.96. The van der Waals surface area contributed by atoms with Crippen molar-refractivity contribution in [3.05, 3.63) is 60.7 Å². The molecule has 0 aliphatic rings. The van der Waals surface area contributed by atoms with Crippen LogP contribution in [0.25, 0.3) is 0 Å². The van der Waals surface area contributed by atoms with Crippen molar-refractivity contribution in [1.82, 2.24) is 0 Å². The van der Waals surface area contributed by atoms with Gasteiger partial charge in [0.15, 0.2) is 0 Å². The van der Waals surface area contributed by atoms with E-state index in [1.165, 1.54) is 0 Å². The molecular weight excluding hydrogens is 204 g/mol. The van der Waals surface area contributed by atoms with E-state index in [0.29, 0.717) is 11.5 Å². The van der Waals surface area contributed by atoms with E-state index in [4.69, 9.17) is 9.47 Å². The van der Waals surface area contributed by atoms with Crippen molar-refractivity contribution in [2.45, 2.75) is 6.48 Å². The standard InChI is InChI=1S/C13H12O3/c14-13(15-11-7-3-1-4-8-11)16-12-9-5-2-6-10-12/h1-10,13-14H. The normalized spacial score (nSPS) is 10.1. The average Bonchev–Trinajstić information content (AvgIpc) is 2.31. The Morgan fingerprint density at radius 2 is 1.06 bits per heavy atom. The zero-order valence-electron chi connectivity index (χ0n) is 8.61. The van der Waals surface area contributed by atoms with Gasteiger partial charge in [0, 0.05) is 0 Å². The zero-order valence-corrected chi connectivity index (χ0v) is 8.61. The summed E-state index contributed by atoms with van der Waals surface area (Å²) in [4.78, 5) is 0. The number of hydrogen-bond donors (Lipinski definition) is 1. The van der Waals surface area contributed by atoms with Crippen LogP contribution in [0.15, 0.2) is 60.7 Å². The van der Waals surface area contributed by atoms with Crippen molar-refractivity contribution >= 4 is 0 Å². The van der Waals surface area contributed by atoms with E-state index in [1.807, 2.05) is 36.4 Å². The lowest BCUT2D eigenvalue weighted by Gasteiger charge is -2.14. The molecular formula is C13H12O3. The van der Waals surface area contributed by atoms with Crippen LogP contribution in [0.2, 0.25) is 0 Å². The summed E-state index contributed by atoms with van der Waals surface area (Å²) in [5, 5.41) is 9.51. The molecule has 0 saturated heterocycles. The predicted molar refractivity (Wildman–Crippen MR) is 60.1 cm³/mol. The second-order valence-corrected chi connectivity index (χ2v) is 3.17. The molecule has 0 unspecified atom stereocenters. The maximum Gasteiger partial charge on any atom is 0.358 e. The second-order valence-electron chi connectivity index (χ2n) is 3.17. The smallest absolute Gasteiger partial charge is 0.358 e. The van der Waals surface area contributed by atoms with Gasteiger partial charge < -0.3 is 14.6 Å². The van der Waals surface area contributed by atoms with E-state index in [0.717, 1.165) is 0 Å². The highest BCUT2D eigenvalue weighted by Gasteiger charge is 2.06. The Morgan fingerprint density at radius 1 is 0.688 bits per heavy atom. The van der Waals surface area contributed by atoms with Gasteiger partial charge in [0.05, 0.1) is 0 Å². The minimum atomic E-state index is -1.30. The minimum absolute atomic E-state index is 0.561. The van der Waals surface area contributed by atoms with Gasteiger partial charge in [0.25, 0.3) is 0 Å². The first-order chi connectivity index (χ1) is 7.84. The van der Waals surface area contributed by atoms with Crippen molar-refractivity contribution in [3.8, 4) is 11.5 Å². The third-order valence-corrected chi connectivity index (χ3v) is 1.96. The van der Waals surface area contributed by atoms with E-state index in [9.17, 15) is 5.11 Å². The molecule has 0 aromatic heterocycles. The number of ether oxygens (including phenoxy) is 2. The van der Waals surface area contributed by atoms with Crippen molar-refractivity contribution in [1.29, 1.82) is 0 Å². The topological polar surface area (TPSA) is 38.7 Å². The molecule has 0 amide bonds. The lowest BCUT2D eigenvalue weighted by atomic mass is 10.3. The number of para-hydroxylation sites is 2. The highest BCUT2D eigenvalue weighted by molar-refractivity contribution is 5.22. The van der Waals surface area contributed by atoms with Crippen LogP contribution >= 0.6 is 0 Å². The fourth-order valence-electron chi connectivity index (χ4n) is 1.26. The number of aliphatic hydroxyl groups excluding tert-OH is 1. The maximum atomic E-state index is 9.51. The van der Waals surface area contributed by atoms with E-state index >= 15 is 0 Å². The number of aliphatic hydroxyl groups is 1. The van der Waals surface area contributed by atoms with Crippen molar-refractivity contribution < 1.29 is 14.6 Å². The lowest BCUT2D eigenvalue weighted by Crippen LogP contribution is -2.22. The molecule has 0 aliphatic heterocycles. The number of hydrogen-bond acceptors (Lipinski definition) is 3. The molecule has 0 heterocycles. The summed E-state index contributed by atoms with van der Waals surface area (Å²) < 4.78 is 10.3. The van der Waals surface area contributed by atoms with Crippen LogP contribution in [-0.2, 0) is 0 Å². The molecule has 0 bridgehead atoms. The van der Waals surface area contributed by atoms with Crippen LogP contribution in [-0.4, -0.2) is 11.6 Å². The van der Waals surface area contributed by atoms with Crippen LogP contribution in [0.4, 0.5) is 0 Å². The van der Waals surface area contributed by atoms with Crippen LogP contribution in [0.3, 0.4) is 0 Å². The van der Waals surface area contributed by atoms with Crippen molar-refractivity contribution in [3.63, 3.8) is 0 Å². The molecule has 2 aromatic rings. The largest absolute Gasteiger partial charge is 0.432 e. The molecule has 3 heteroatoms. The third-order valence-electron chi connectivity index (χ3n) is 1.96. The van der Waals surface area contributed by atoms with E-state index in [2.05, 4.69) is 0 Å². The number of rotatable bonds is 4. The van der Waals surface area contributed by atoms with Gasteiger partial charge in [-0.1, -0.05) is 36.4 Å². The average molecular weight is 216 g/mol. The Morgan fingerprint density at radius 3 is 1.44 bits per heavy atom.